The first-order chi connectivity index (χ1) is 7.78. The number of hydrazine groups is 1. The Labute approximate surface area is 96.0 Å². The van der Waals surface area contributed by atoms with Crippen molar-refractivity contribution in [2.24, 2.45) is 0 Å². The summed E-state index contributed by atoms with van der Waals surface area (Å²) in [4.78, 5) is 6.40. The van der Waals surface area contributed by atoms with E-state index in [4.69, 9.17) is 4.74 Å². The number of piperazine rings is 1. The van der Waals surface area contributed by atoms with E-state index >= 15 is 0 Å². The summed E-state index contributed by atoms with van der Waals surface area (Å²) in [6, 6.07) is 3.85. The Hall–Kier alpha value is -1.33. The maximum atomic E-state index is 5.08. The average molecular weight is 222 g/mol. The maximum Gasteiger partial charge on any atom is 0.215 e. The number of pyridine rings is 1. The van der Waals surface area contributed by atoms with Crippen molar-refractivity contribution < 1.29 is 4.74 Å². The molecule has 0 saturated carbocycles. The third-order valence-electron chi connectivity index (χ3n) is 2.73. The summed E-state index contributed by atoms with van der Waals surface area (Å²) >= 11 is 0. The van der Waals surface area contributed by atoms with E-state index in [2.05, 4.69) is 27.4 Å². The minimum Gasteiger partial charge on any atom is -0.481 e. The molecule has 0 amide bonds. The van der Waals surface area contributed by atoms with Crippen molar-refractivity contribution in [2.45, 2.75) is 0 Å². The van der Waals surface area contributed by atoms with Crippen LogP contribution in [0.5, 0.6) is 5.88 Å². The Morgan fingerprint density at radius 2 is 2.06 bits per heavy atom. The number of anilines is 1. The number of hydrogen-bond donors (Lipinski definition) is 1. The van der Waals surface area contributed by atoms with Gasteiger partial charge in [0.2, 0.25) is 5.88 Å². The van der Waals surface area contributed by atoms with E-state index in [9.17, 15) is 0 Å². The lowest BCUT2D eigenvalue weighted by Crippen LogP contribution is -2.46. The molecule has 1 aliphatic heterocycles. The Bertz CT molecular complexity index is 337. The summed E-state index contributed by atoms with van der Waals surface area (Å²) < 4.78 is 5.08. The standard InChI is InChI=1S/C11H18N4O/c1-14-5-7-15(8-6-14)13-10-3-4-12-11(9-10)16-2/h3-4,9H,5-8H2,1-2H3,(H,12,13). The van der Waals surface area contributed by atoms with E-state index < -0.39 is 0 Å². The van der Waals surface area contributed by atoms with Gasteiger partial charge in [-0.05, 0) is 13.1 Å². The molecule has 0 aliphatic carbocycles. The van der Waals surface area contributed by atoms with Gasteiger partial charge in [0.05, 0.1) is 12.8 Å². The summed E-state index contributed by atoms with van der Waals surface area (Å²) in [5.74, 6) is 0.638. The molecule has 1 saturated heterocycles. The van der Waals surface area contributed by atoms with Gasteiger partial charge in [-0.1, -0.05) is 0 Å². The number of ether oxygens (including phenoxy) is 1. The van der Waals surface area contributed by atoms with Crippen LogP contribution in [0.25, 0.3) is 0 Å². The molecular weight excluding hydrogens is 204 g/mol. The summed E-state index contributed by atoms with van der Waals surface area (Å²) in [5, 5.41) is 2.22. The molecule has 0 atom stereocenters. The fraction of sp³-hybridized carbons (Fsp3) is 0.545. The van der Waals surface area contributed by atoms with E-state index in [1.54, 1.807) is 13.3 Å². The van der Waals surface area contributed by atoms with Crippen LogP contribution in [0.15, 0.2) is 18.3 Å². The first-order valence-electron chi connectivity index (χ1n) is 5.48. The molecule has 1 aromatic heterocycles. The van der Waals surface area contributed by atoms with Crippen LogP contribution in [0.1, 0.15) is 0 Å². The average Bonchev–Trinajstić information content (AvgIpc) is 2.32. The van der Waals surface area contributed by atoms with Crippen molar-refractivity contribution in [3.63, 3.8) is 0 Å². The van der Waals surface area contributed by atoms with Gasteiger partial charge in [0.15, 0.2) is 0 Å². The highest BCUT2D eigenvalue weighted by Gasteiger charge is 2.13. The van der Waals surface area contributed by atoms with Crippen molar-refractivity contribution in [2.75, 3.05) is 45.8 Å². The van der Waals surface area contributed by atoms with Gasteiger partial charge >= 0.3 is 0 Å². The molecule has 2 heterocycles. The minimum atomic E-state index is 0.638. The van der Waals surface area contributed by atoms with Crippen molar-refractivity contribution >= 4 is 5.69 Å². The lowest BCUT2D eigenvalue weighted by Gasteiger charge is -2.33. The van der Waals surface area contributed by atoms with Crippen LogP contribution in [-0.4, -0.2) is 55.2 Å². The van der Waals surface area contributed by atoms with Gasteiger partial charge in [-0.25, -0.2) is 9.99 Å². The largest absolute Gasteiger partial charge is 0.481 e. The number of nitrogens with zero attached hydrogens (tertiary/aromatic N) is 3. The molecule has 1 aromatic rings. The van der Waals surface area contributed by atoms with Crippen LogP contribution < -0.4 is 10.2 Å². The number of hydrogen-bond acceptors (Lipinski definition) is 5. The zero-order valence-electron chi connectivity index (χ0n) is 9.81. The van der Waals surface area contributed by atoms with E-state index in [0.717, 1.165) is 31.9 Å². The van der Waals surface area contributed by atoms with Gasteiger partial charge in [-0.3, -0.25) is 0 Å². The van der Waals surface area contributed by atoms with Crippen LogP contribution in [-0.2, 0) is 0 Å². The summed E-state index contributed by atoms with van der Waals surface area (Å²) in [5.41, 5.74) is 4.39. The van der Waals surface area contributed by atoms with E-state index in [1.165, 1.54) is 0 Å². The van der Waals surface area contributed by atoms with Crippen molar-refractivity contribution in [1.82, 2.24) is 14.9 Å². The predicted octanol–water partition coefficient (Wildman–Crippen LogP) is 0.664. The van der Waals surface area contributed by atoms with Crippen molar-refractivity contribution in [3.05, 3.63) is 18.3 Å². The van der Waals surface area contributed by atoms with Gasteiger partial charge in [0.25, 0.3) is 0 Å². The zero-order chi connectivity index (χ0) is 11.4. The molecule has 1 N–H and O–H groups in total. The monoisotopic (exact) mass is 222 g/mol. The number of methoxy groups -OCH3 is 1. The Morgan fingerprint density at radius 1 is 1.31 bits per heavy atom. The molecule has 0 aromatic carbocycles. The molecule has 0 spiro atoms. The molecule has 0 bridgehead atoms. The van der Waals surface area contributed by atoms with Crippen LogP contribution >= 0.6 is 0 Å². The quantitative estimate of drug-likeness (QED) is 0.814. The van der Waals surface area contributed by atoms with Gasteiger partial charge in [-0.15, -0.1) is 0 Å². The fourth-order valence-electron chi connectivity index (χ4n) is 1.69. The highest BCUT2D eigenvalue weighted by atomic mass is 16.5. The van der Waals surface area contributed by atoms with Gasteiger partial charge in [-0.2, -0.15) is 0 Å². The number of rotatable bonds is 3. The molecule has 1 aliphatic rings. The normalized spacial score (nSPS) is 18.4. The highest BCUT2D eigenvalue weighted by Crippen LogP contribution is 2.14. The molecule has 1 fully saturated rings. The third-order valence-corrected chi connectivity index (χ3v) is 2.73. The van der Waals surface area contributed by atoms with Crippen molar-refractivity contribution in [3.8, 4) is 5.88 Å². The minimum absolute atomic E-state index is 0.638. The SMILES string of the molecule is COc1cc(NN2CCN(C)CC2)ccn1. The smallest absolute Gasteiger partial charge is 0.215 e. The molecular formula is C11H18N4O. The molecule has 0 unspecified atom stereocenters. The van der Waals surface area contributed by atoms with Crippen LogP contribution in [0.4, 0.5) is 5.69 Å². The Balaban J connectivity index is 1.93. The lowest BCUT2D eigenvalue weighted by atomic mass is 10.3. The van der Waals surface area contributed by atoms with E-state index in [0.29, 0.717) is 5.88 Å². The number of nitrogens with one attached hydrogen (secondary N) is 1. The molecule has 16 heavy (non-hydrogen) atoms. The molecule has 5 nitrogen and oxygen atoms in total. The lowest BCUT2D eigenvalue weighted by molar-refractivity contribution is 0.179. The summed E-state index contributed by atoms with van der Waals surface area (Å²) in [6.07, 6.45) is 1.75. The summed E-state index contributed by atoms with van der Waals surface area (Å²) in [6.45, 7) is 4.24. The maximum absolute atomic E-state index is 5.08. The Morgan fingerprint density at radius 3 is 2.75 bits per heavy atom. The molecule has 88 valence electrons. The first kappa shape index (κ1) is 11.2. The molecule has 0 radical (unpaired) electrons. The van der Waals surface area contributed by atoms with Gasteiger partial charge in [0, 0.05) is 38.4 Å². The molecule has 5 heteroatoms. The fourth-order valence-corrected chi connectivity index (χ4v) is 1.69. The number of likely N-dealkylation sites (N-methyl/N-ethyl adjacent to an activating group) is 1. The number of aromatic nitrogens is 1. The van der Waals surface area contributed by atoms with Gasteiger partial charge in [0.1, 0.15) is 0 Å². The first-order valence-corrected chi connectivity index (χ1v) is 5.48. The van der Waals surface area contributed by atoms with E-state index in [-0.39, 0.29) is 0 Å². The summed E-state index contributed by atoms with van der Waals surface area (Å²) in [7, 11) is 3.77. The second kappa shape index (κ2) is 5.14. The van der Waals surface area contributed by atoms with Crippen molar-refractivity contribution in [1.29, 1.82) is 0 Å². The van der Waals surface area contributed by atoms with Crippen LogP contribution in [0.2, 0.25) is 0 Å². The zero-order valence-corrected chi connectivity index (χ0v) is 9.81. The van der Waals surface area contributed by atoms with Gasteiger partial charge < -0.3 is 15.1 Å². The highest BCUT2D eigenvalue weighted by molar-refractivity contribution is 5.44. The van der Waals surface area contributed by atoms with Crippen LogP contribution in [0.3, 0.4) is 0 Å². The predicted molar refractivity (Wildman–Crippen MR) is 63.5 cm³/mol. The second-order valence-corrected chi connectivity index (χ2v) is 3.99. The molecule has 2 rings (SSSR count). The third kappa shape index (κ3) is 2.84. The van der Waals surface area contributed by atoms with E-state index in [1.807, 2.05) is 12.1 Å². The topological polar surface area (TPSA) is 40.6 Å². The Kier molecular flexibility index (Phi) is 3.58. The van der Waals surface area contributed by atoms with Crippen LogP contribution in [0, 0.1) is 0 Å². The second-order valence-electron chi connectivity index (χ2n) is 3.99.